The zero-order valence-electron chi connectivity index (χ0n) is 25.2. The molecule has 4 N–H and O–H groups in total. The summed E-state index contributed by atoms with van der Waals surface area (Å²) in [6.45, 7) is 9.20. The summed E-state index contributed by atoms with van der Waals surface area (Å²) >= 11 is 0. The molecule has 7 heteroatoms. The van der Waals surface area contributed by atoms with Gasteiger partial charge in [-0.3, -0.25) is 4.79 Å². The molecule has 3 heterocycles. The van der Waals surface area contributed by atoms with Crippen molar-refractivity contribution >= 4 is 34.0 Å². The van der Waals surface area contributed by atoms with Crippen LogP contribution in [-0.2, 0) is 4.79 Å². The highest BCUT2D eigenvalue weighted by Crippen LogP contribution is 2.45. The summed E-state index contributed by atoms with van der Waals surface area (Å²) < 4.78 is 2.26. The van der Waals surface area contributed by atoms with Crippen LogP contribution in [0.2, 0.25) is 0 Å². The zero-order valence-corrected chi connectivity index (χ0v) is 25.2. The number of benzene rings is 2. The molecule has 1 atom stereocenters. The number of anilines is 3. The molecular weight excluding hydrogens is 508 g/mol. The van der Waals surface area contributed by atoms with Crippen molar-refractivity contribution in [3.05, 3.63) is 36.4 Å². The lowest BCUT2D eigenvalue weighted by Gasteiger charge is -2.56. The Morgan fingerprint density at radius 2 is 1.71 bits per heavy atom. The molecule has 4 aliphatic rings. The molecule has 1 aromatic heterocycles. The molecular formula is C34H46N6O. The number of nitrogens with two attached hydrogens (primary N) is 1. The zero-order chi connectivity index (χ0) is 28.5. The van der Waals surface area contributed by atoms with Crippen LogP contribution >= 0.6 is 0 Å². The number of piperidine rings is 1. The van der Waals surface area contributed by atoms with Crippen molar-refractivity contribution in [2.24, 2.45) is 11.7 Å². The van der Waals surface area contributed by atoms with Gasteiger partial charge in [-0.25, -0.2) is 4.98 Å². The minimum atomic E-state index is -0.281. The van der Waals surface area contributed by atoms with Gasteiger partial charge < -0.3 is 25.8 Å². The average molecular weight is 555 g/mol. The predicted octanol–water partition coefficient (Wildman–Crippen LogP) is 7.23. The van der Waals surface area contributed by atoms with Crippen LogP contribution in [0.1, 0.15) is 97.9 Å². The van der Waals surface area contributed by atoms with Crippen molar-refractivity contribution in [3.63, 3.8) is 0 Å². The van der Waals surface area contributed by atoms with Gasteiger partial charge in [-0.1, -0.05) is 32.1 Å². The summed E-state index contributed by atoms with van der Waals surface area (Å²) in [7, 11) is 0. The molecule has 218 valence electrons. The Bertz CT molecular complexity index is 1460. The summed E-state index contributed by atoms with van der Waals surface area (Å²) in [5.41, 5.74) is 12.5. The lowest BCUT2D eigenvalue weighted by molar-refractivity contribution is -0.119. The maximum atomic E-state index is 13.9. The maximum Gasteiger partial charge on any atom is 0.247 e. The summed E-state index contributed by atoms with van der Waals surface area (Å²) in [6, 6.07) is 13.5. The molecule has 1 saturated heterocycles. The lowest BCUT2D eigenvalue weighted by atomic mass is 9.77. The fraction of sp³-hybridized carbons (Fsp3) is 0.588. The van der Waals surface area contributed by atoms with E-state index < -0.39 is 0 Å². The van der Waals surface area contributed by atoms with E-state index in [1.54, 1.807) is 0 Å². The fourth-order valence-corrected chi connectivity index (χ4v) is 8.46. The van der Waals surface area contributed by atoms with E-state index in [-0.39, 0.29) is 29.1 Å². The summed E-state index contributed by atoms with van der Waals surface area (Å²) in [5.74, 6) is 1.54. The first-order chi connectivity index (χ1) is 19.6. The van der Waals surface area contributed by atoms with Gasteiger partial charge in [-0.2, -0.15) is 0 Å². The van der Waals surface area contributed by atoms with E-state index >= 15 is 0 Å². The molecule has 3 aromatic rings. The Morgan fingerprint density at radius 3 is 2.41 bits per heavy atom. The van der Waals surface area contributed by atoms with Crippen LogP contribution in [0.3, 0.4) is 0 Å². The second kappa shape index (κ2) is 9.75. The number of amides is 1. The quantitative estimate of drug-likeness (QED) is 0.310. The number of nitrogens with one attached hydrogen (secondary N) is 2. The highest BCUT2D eigenvalue weighted by atomic mass is 16.2. The molecule has 2 saturated carbocycles. The van der Waals surface area contributed by atoms with Crippen molar-refractivity contribution in [2.75, 3.05) is 15.5 Å². The van der Waals surface area contributed by atoms with Crippen LogP contribution in [0.15, 0.2) is 36.4 Å². The third kappa shape index (κ3) is 4.90. The van der Waals surface area contributed by atoms with Crippen LogP contribution < -0.4 is 21.3 Å². The molecule has 0 radical (unpaired) electrons. The van der Waals surface area contributed by atoms with Gasteiger partial charge in [0.2, 0.25) is 5.91 Å². The normalized spacial score (nSPS) is 24.5. The molecule has 1 amide bonds. The average Bonchev–Trinajstić information content (AvgIpc) is 3.65. The smallest absolute Gasteiger partial charge is 0.247 e. The summed E-state index contributed by atoms with van der Waals surface area (Å²) in [5, 5.41) is 6.94. The Balaban J connectivity index is 1.37. The van der Waals surface area contributed by atoms with E-state index in [2.05, 4.69) is 84.2 Å². The summed E-state index contributed by atoms with van der Waals surface area (Å²) in [6.07, 6.45) is 11.4. The standard InChI is InChI=1S/C34H46N6O/c1-33(2)19-22(35)20-34(3,4)40(33)25-13-15-29-28(18-25)37-31-26-17-24(36-23-10-11-23)12-14-27(26)38-32(41)30(39(29)31)16-21-8-6-5-7-9-21/h12-15,17-18,21-23,30,36H,5-11,16,19-20,35H2,1-4H3,(H,38,41). The maximum absolute atomic E-state index is 13.9. The van der Waals surface area contributed by atoms with Crippen molar-refractivity contribution < 1.29 is 4.79 Å². The van der Waals surface area contributed by atoms with Crippen LogP contribution in [0.4, 0.5) is 17.1 Å². The highest BCUT2D eigenvalue weighted by Gasteiger charge is 2.44. The monoisotopic (exact) mass is 554 g/mol. The van der Waals surface area contributed by atoms with Gasteiger partial charge in [0.05, 0.1) is 16.7 Å². The lowest BCUT2D eigenvalue weighted by Crippen LogP contribution is -2.63. The van der Waals surface area contributed by atoms with E-state index in [0.29, 0.717) is 12.0 Å². The highest BCUT2D eigenvalue weighted by molar-refractivity contribution is 6.02. The van der Waals surface area contributed by atoms with Gasteiger partial charge in [0.25, 0.3) is 0 Å². The van der Waals surface area contributed by atoms with Crippen molar-refractivity contribution in [1.29, 1.82) is 0 Å². The third-order valence-corrected chi connectivity index (χ3v) is 10.0. The Kier molecular flexibility index (Phi) is 6.38. The number of rotatable bonds is 5. The molecule has 7 rings (SSSR count). The topological polar surface area (TPSA) is 88.2 Å². The molecule has 41 heavy (non-hydrogen) atoms. The van der Waals surface area contributed by atoms with Gasteiger partial charge in [0, 0.05) is 40.1 Å². The van der Waals surface area contributed by atoms with Crippen LogP contribution in [0.25, 0.3) is 22.4 Å². The Morgan fingerprint density at radius 1 is 0.976 bits per heavy atom. The first-order valence-corrected chi connectivity index (χ1v) is 15.9. The third-order valence-electron chi connectivity index (χ3n) is 10.0. The number of carbonyl (C=O) groups excluding carboxylic acids is 1. The minimum absolute atomic E-state index is 0.0779. The van der Waals surface area contributed by atoms with Gasteiger partial charge >= 0.3 is 0 Å². The fourth-order valence-electron chi connectivity index (χ4n) is 8.46. The molecule has 0 spiro atoms. The molecule has 1 unspecified atom stereocenters. The molecule has 2 aromatic carbocycles. The Hall–Kier alpha value is -3.06. The first-order valence-electron chi connectivity index (χ1n) is 15.9. The largest absolute Gasteiger partial charge is 0.382 e. The number of fused-ring (bicyclic) bond motifs is 5. The van der Waals surface area contributed by atoms with Crippen LogP contribution in [-0.4, -0.2) is 38.6 Å². The van der Waals surface area contributed by atoms with Crippen molar-refractivity contribution in [2.45, 2.75) is 121 Å². The SMILES string of the molecule is CC1(C)CC(N)CC(C)(C)N1c1ccc2c(c1)nc1n2C(CC2CCCCC2)C(=O)Nc2ccc(NC3CC3)cc2-1. The van der Waals surface area contributed by atoms with Gasteiger partial charge in [0.15, 0.2) is 0 Å². The van der Waals surface area contributed by atoms with E-state index in [9.17, 15) is 4.79 Å². The van der Waals surface area contributed by atoms with Crippen LogP contribution in [0, 0.1) is 5.92 Å². The summed E-state index contributed by atoms with van der Waals surface area (Å²) in [4.78, 5) is 21.8. The number of aromatic nitrogens is 2. The number of hydrogen-bond donors (Lipinski definition) is 3. The number of nitrogens with zero attached hydrogens (tertiary/aromatic N) is 3. The van der Waals surface area contributed by atoms with E-state index in [4.69, 9.17) is 10.7 Å². The number of hydrogen-bond acceptors (Lipinski definition) is 5. The number of carbonyl (C=O) groups is 1. The molecule has 2 aliphatic carbocycles. The minimum Gasteiger partial charge on any atom is -0.382 e. The van der Waals surface area contributed by atoms with Gasteiger partial charge in [-0.05, 0) is 102 Å². The van der Waals surface area contributed by atoms with E-state index in [0.717, 1.165) is 53.1 Å². The second-order valence-corrected chi connectivity index (χ2v) is 14.5. The molecule has 0 bridgehead atoms. The van der Waals surface area contributed by atoms with Crippen molar-refractivity contribution in [1.82, 2.24) is 9.55 Å². The van der Waals surface area contributed by atoms with E-state index in [1.807, 2.05) is 0 Å². The first kappa shape index (κ1) is 26.8. The predicted molar refractivity (Wildman–Crippen MR) is 169 cm³/mol. The second-order valence-electron chi connectivity index (χ2n) is 14.5. The van der Waals surface area contributed by atoms with Gasteiger partial charge in [0.1, 0.15) is 11.9 Å². The molecule has 3 fully saturated rings. The molecule has 2 aliphatic heterocycles. The Labute approximate surface area is 244 Å². The number of imidazole rings is 1. The van der Waals surface area contributed by atoms with Crippen molar-refractivity contribution in [3.8, 4) is 11.4 Å². The van der Waals surface area contributed by atoms with Gasteiger partial charge in [-0.15, -0.1) is 0 Å². The van der Waals surface area contributed by atoms with Crippen LogP contribution in [0.5, 0.6) is 0 Å². The van der Waals surface area contributed by atoms with E-state index in [1.165, 1.54) is 50.6 Å². The molecule has 7 nitrogen and oxygen atoms in total.